The van der Waals surface area contributed by atoms with E-state index in [2.05, 4.69) is 11.9 Å². The molecule has 0 heterocycles. The third kappa shape index (κ3) is 9.50. The summed E-state index contributed by atoms with van der Waals surface area (Å²) in [5.41, 5.74) is 1.64. The van der Waals surface area contributed by atoms with Crippen LogP contribution in [0.3, 0.4) is 0 Å². The van der Waals surface area contributed by atoms with Gasteiger partial charge in [0, 0.05) is 44.0 Å². The number of aryl methyl sites for hydroxylation is 1. The van der Waals surface area contributed by atoms with E-state index in [1.807, 2.05) is 50.3 Å². The molecule has 0 fully saturated rings. The van der Waals surface area contributed by atoms with Crippen LogP contribution in [0.5, 0.6) is 0 Å². The van der Waals surface area contributed by atoms with Crippen LogP contribution in [0.1, 0.15) is 57.1 Å². The van der Waals surface area contributed by atoms with Crippen molar-refractivity contribution in [2.75, 3.05) is 14.2 Å². The number of carbonyl (C=O) groups is 3. The normalized spacial score (nSPS) is 13.5. The van der Waals surface area contributed by atoms with E-state index in [-0.39, 0.29) is 54.9 Å². The van der Waals surface area contributed by atoms with Crippen LogP contribution in [-0.2, 0) is 20.9 Å². The number of allylic oxidation sites excluding steroid dienone is 1. The van der Waals surface area contributed by atoms with Gasteiger partial charge in [0.05, 0.1) is 7.11 Å². The van der Waals surface area contributed by atoms with Crippen LogP contribution in [0, 0.1) is 18.7 Å². The van der Waals surface area contributed by atoms with E-state index in [1.165, 1.54) is 12.0 Å². The fraction of sp³-hybridized carbons (Fsp3) is 0.406. The molecule has 0 aliphatic heterocycles. The van der Waals surface area contributed by atoms with E-state index >= 15 is 0 Å². The summed E-state index contributed by atoms with van der Waals surface area (Å²) >= 11 is 0. The third-order valence-electron chi connectivity index (χ3n) is 7.13. The van der Waals surface area contributed by atoms with Crippen molar-refractivity contribution in [3.8, 4) is 0 Å². The molecule has 0 aromatic heterocycles. The monoisotopic (exact) mass is 536 g/mol. The van der Waals surface area contributed by atoms with E-state index in [0.717, 1.165) is 16.0 Å². The molecule has 0 aliphatic rings. The molecule has 2 rings (SSSR count). The Morgan fingerprint density at radius 1 is 1.08 bits per heavy atom. The number of amides is 2. The van der Waals surface area contributed by atoms with Gasteiger partial charge >= 0.3 is 12.0 Å². The highest BCUT2D eigenvalue weighted by molar-refractivity contribution is 5.85. The zero-order valence-corrected chi connectivity index (χ0v) is 23.8. The topological polar surface area (TPSA) is 75.7 Å². The van der Waals surface area contributed by atoms with Gasteiger partial charge in [-0.2, -0.15) is 0 Å². The molecule has 1 N–H and O–H groups in total. The van der Waals surface area contributed by atoms with Crippen molar-refractivity contribution >= 4 is 29.9 Å². The number of halogens is 1. The summed E-state index contributed by atoms with van der Waals surface area (Å²) in [6, 6.07) is 12.3. The van der Waals surface area contributed by atoms with Crippen molar-refractivity contribution in [3.63, 3.8) is 0 Å². The first kappa shape index (κ1) is 31.5. The number of hydrogen-bond acceptors (Lipinski definition) is 4. The molecule has 2 atom stereocenters. The zero-order valence-electron chi connectivity index (χ0n) is 23.8. The highest BCUT2D eigenvalue weighted by Crippen LogP contribution is 2.19. The van der Waals surface area contributed by atoms with E-state index < -0.39 is 0 Å². The number of Topliss-reactive ketones (excluding diaryl/α,β-unsaturated/α-hetero) is 1. The molecule has 0 saturated carbocycles. The van der Waals surface area contributed by atoms with Crippen LogP contribution in [-0.4, -0.2) is 42.9 Å². The minimum Gasteiger partial charge on any atom is -0.469 e. The van der Waals surface area contributed by atoms with Gasteiger partial charge in [0.1, 0.15) is 11.6 Å². The lowest BCUT2D eigenvalue weighted by atomic mass is 9.91. The van der Waals surface area contributed by atoms with Gasteiger partial charge in [-0.3, -0.25) is 9.59 Å². The number of hydrogen-bond donors (Lipinski definition) is 1. The van der Waals surface area contributed by atoms with E-state index in [4.69, 9.17) is 4.74 Å². The zero-order chi connectivity index (χ0) is 28.9. The fourth-order valence-corrected chi connectivity index (χ4v) is 4.38. The predicted octanol–water partition coefficient (Wildman–Crippen LogP) is 4.81. The van der Waals surface area contributed by atoms with Gasteiger partial charge in [0.25, 0.3) is 0 Å². The first-order chi connectivity index (χ1) is 18.6. The van der Waals surface area contributed by atoms with Crippen molar-refractivity contribution in [3.05, 3.63) is 82.0 Å². The van der Waals surface area contributed by atoms with Crippen LogP contribution < -0.4 is 15.8 Å². The molecule has 2 unspecified atom stereocenters. The SMILES string of the molecule is C=C(/C=c1/cccc/c1=C/C)C(C)C(=O)CCC(CCCC(=O)OC)N(C)C(=O)NCc1cccc(C)c1F. The third-order valence-corrected chi connectivity index (χ3v) is 7.13. The Labute approximate surface area is 231 Å². The van der Waals surface area contributed by atoms with E-state index in [0.29, 0.717) is 30.4 Å². The molecule has 0 spiro atoms. The summed E-state index contributed by atoms with van der Waals surface area (Å²) in [5.74, 6) is -1.01. The minimum absolute atomic E-state index is 0.0304. The maximum absolute atomic E-state index is 14.4. The summed E-state index contributed by atoms with van der Waals surface area (Å²) in [7, 11) is 2.99. The molecule has 7 heteroatoms. The van der Waals surface area contributed by atoms with Crippen molar-refractivity contribution in [2.45, 2.75) is 65.5 Å². The second-order valence-corrected chi connectivity index (χ2v) is 9.80. The lowest BCUT2D eigenvalue weighted by molar-refractivity contribution is -0.140. The van der Waals surface area contributed by atoms with Gasteiger partial charge in [0.2, 0.25) is 0 Å². The fourth-order valence-electron chi connectivity index (χ4n) is 4.38. The average Bonchev–Trinajstić information content (AvgIpc) is 2.94. The molecule has 0 saturated heterocycles. The van der Waals surface area contributed by atoms with Crippen molar-refractivity contribution < 1.29 is 23.5 Å². The Balaban J connectivity index is 2.07. The van der Waals surface area contributed by atoms with Gasteiger partial charge in [-0.25, -0.2) is 9.18 Å². The molecule has 0 bridgehead atoms. The molecule has 2 aromatic carbocycles. The van der Waals surface area contributed by atoms with Crippen LogP contribution in [0.15, 0.2) is 54.6 Å². The molecule has 0 radical (unpaired) electrons. The summed E-state index contributed by atoms with van der Waals surface area (Å²) in [4.78, 5) is 39.2. The lowest BCUT2D eigenvalue weighted by Gasteiger charge is -2.29. The minimum atomic E-state index is -0.381. The Morgan fingerprint density at radius 2 is 1.77 bits per heavy atom. The molecule has 2 amide bonds. The first-order valence-electron chi connectivity index (χ1n) is 13.3. The Morgan fingerprint density at radius 3 is 2.44 bits per heavy atom. The van der Waals surface area contributed by atoms with Gasteiger partial charge in [0.15, 0.2) is 0 Å². The van der Waals surface area contributed by atoms with Crippen LogP contribution >= 0.6 is 0 Å². The van der Waals surface area contributed by atoms with Gasteiger partial charge in [-0.1, -0.05) is 68.1 Å². The number of nitrogens with zero attached hydrogens (tertiary/aromatic N) is 1. The molecule has 2 aromatic rings. The molecule has 39 heavy (non-hydrogen) atoms. The Bertz CT molecular complexity index is 1290. The number of carbonyl (C=O) groups excluding carboxylic acids is 3. The van der Waals surface area contributed by atoms with Gasteiger partial charge in [-0.05, 0) is 54.7 Å². The largest absolute Gasteiger partial charge is 0.469 e. The lowest BCUT2D eigenvalue weighted by Crippen LogP contribution is -2.43. The van der Waals surface area contributed by atoms with Gasteiger partial charge < -0.3 is 15.0 Å². The smallest absolute Gasteiger partial charge is 0.317 e. The van der Waals surface area contributed by atoms with E-state index in [1.54, 1.807) is 32.2 Å². The molecular formula is C32H41FN2O4. The summed E-state index contributed by atoms with van der Waals surface area (Å²) in [6.07, 6.45) is 5.89. The number of benzene rings is 2. The van der Waals surface area contributed by atoms with Crippen LogP contribution in [0.25, 0.3) is 12.2 Å². The Kier molecular flexibility index (Phi) is 12.6. The van der Waals surface area contributed by atoms with Gasteiger partial charge in [-0.15, -0.1) is 0 Å². The van der Waals surface area contributed by atoms with Crippen molar-refractivity contribution in [1.29, 1.82) is 0 Å². The number of esters is 1. The quantitative estimate of drug-likeness (QED) is 0.373. The maximum Gasteiger partial charge on any atom is 0.317 e. The highest BCUT2D eigenvalue weighted by atomic mass is 19.1. The second-order valence-electron chi connectivity index (χ2n) is 9.80. The molecule has 0 aliphatic carbocycles. The molecular weight excluding hydrogens is 495 g/mol. The second kappa shape index (κ2) is 15.6. The number of ketones is 1. The van der Waals surface area contributed by atoms with Crippen molar-refractivity contribution in [1.82, 2.24) is 10.2 Å². The Hall–Kier alpha value is -3.74. The van der Waals surface area contributed by atoms with Crippen LogP contribution in [0.4, 0.5) is 9.18 Å². The number of methoxy groups -OCH3 is 1. The molecule has 210 valence electrons. The number of rotatable bonds is 13. The summed E-state index contributed by atoms with van der Waals surface area (Å²) in [5, 5.41) is 4.85. The average molecular weight is 537 g/mol. The molecule has 6 nitrogen and oxygen atoms in total. The number of urea groups is 1. The standard InChI is InChI=1S/C32H41FN2O4/c1-7-25-13-8-9-14-26(25)20-23(3)24(4)29(36)19-18-28(16-11-17-30(37)39-6)35(5)32(38)34-21-27-15-10-12-22(2)31(27)33/h7-10,12-15,20,24,28H,3,11,16-19,21H2,1-2,4-6H3,(H,34,38)/b25-7-,26-20-. The van der Waals surface area contributed by atoms with E-state index in [9.17, 15) is 18.8 Å². The maximum atomic E-state index is 14.4. The number of nitrogens with one attached hydrogen (secondary N) is 1. The first-order valence-corrected chi connectivity index (χ1v) is 13.3. The summed E-state index contributed by atoms with van der Waals surface area (Å²) < 4.78 is 19.1. The highest BCUT2D eigenvalue weighted by Gasteiger charge is 2.23. The summed E-state index contributed by atoms with van der Waals surface area (Å²) in [6.45, 7) is 9.67. The van der Waals surface area contributed by atoms with Crippen LogP contribution in [0.2, 0.25) is 0 Å². The number of ether oxygens (including phenoxy) is 1. The van der Waals surface area contributed by atoms with Crippen molar-refractivity contribution in [2.24, 2.45) is 5.92 Å². The predicted molar refractivity (Wildman–Crippen MR) is 154 cm³/mol.